The minimum atomic E-state index is -0.223. The van der Waals surface area contributed by atoms with Crippen molar-refractivity contribution in [3.05, 3.63) is 72.1 Å². The zero-order chi connectivity index (χ0) is 22.0. The second-order valence-electron chi connectivity index (χ2n) is 8.56. The van der Waals surface area contributed by atoms with Crippen LogP contribution >= 0.6 is 0 Å². The van der Waals surface area contributed by atoms with Crippen molar-refractivity contribution < 1.29 is 9.59 Å². The molecule has 1 aromatic carbocycles. The Bertz CT molecular complexity index is 1090. The van der Waals surface area contributed by atoms with Crippen LogP contribution in [0.5, 0.6) is 0 Å². The zero-order valence-electron chi connectivity index (χ0n) is 17.7. The summed E-state index contributed by atoms with van der Waals surface area (Å²) in [7, 11) is 0. The van der Waals surface area contributed by atoms with Gasteiger partial charge in [0.1, 0.15) is 12.0 Å². The van der Waals surface area contributed by atoms with E-state index in [0.717, 1.165) is 31.2 Å². The quantitative estimate of drug-likeness (QED) is 0.664. The molecule has 5 rings (SSSR count). The van der Waals surface area contributed by atoms with Crippen LogP contribution in [-0.2, 0) is 6.54 Å². The van der Waals surface area contributed by atoms with Crippen molar-refractivity contribution in [3.63, 3.8) is 0 Å². The molecule has 32 heavy (non-hydrogen) atoms. The Labute approximate surface area is 185 Å². The van der Waals surface area contributed by atoms with E-state index in [9.17, 15) is 9.59 Å². The number of likely N-dealkylation sites (tertiary alicyclic amines) is 1. The molecule has 2 aromatic heterocycles. The van der Waals surface area contributed by atoms with Crippen molar-refractivity contribution in [1.82, 2.24) is 35.2 Å². The van der Waals surface area contributed by atoms with E-state index in [1.165, 1.54) is 6.33 Å². The first-order chi connectivity index (χ1) is 15.6. The molecule has 1 spiro atoms. The van der Waals surface area contributed by atoms with Gasteiger partial charge in [-0.2, -0.15) is 0 Å². The van der Waals surface area contributed by atoms with Gasteiger partial charge in [-0.25, -0.2) is 14.6 Å². The molecule has 1 atom stereocenters. The number of hydrogen-bond acceptors (Lipinski definition) is 6. The first-order valence-electron chi connectivity index (χ1n) is 10.9. The van der Waals surface area contributed by atoms with Crippen molar-refractivity contribution in [2.45, 2.75) is 38.3 Å². The largest absolute Gasteiger partial charge is 0.347 e. The third-order valence-electron chi connectivity index (χ3n) is 6.83. The van der Waals surface area contributed by atoms with Gasteiger partial charge >= 0.3 is 0 Å². The highest BCUT2D eigenvalue weighted by Gasteiger charge is 2.50. The molecule has 9 heteroatoms. The second kappa shape index (κ2) is 8.49. The first-order valence-corrected chi connectivity index (χ1v) is 10.9. The summed E-state index contributed by atoms with van der Waals surface area (Å²) in [5.41, 5.74) is 1.91. The summed E-state index contributed by atoms with van der Waals surface area (Å²) in [6.45, 7) is 1.84. The molecular weight excluding hydrogens is 406 g/mol. The Morgan fingerprint density at radius 1 is 1.06 bits per heavy atom. The van der Waals surface area contributed by atoms with Crippen molar-refractivity contribution in [2.75, 3.05) is 13.1 Å². The maximum Gasteiger partial charge on any atom is 0.273 e. The number of carbonyl (C=O) groups excluding carboxylic acids is 2. The summed E-state index contributed by atoms with van der Waals surface area (Å²) in [6, 6.07) is 11.6. The zero-order valence-corrected chi connectivity index (χ0v) is 17.7. The van der Waals surface area contributed by atoms with Crippen molar-refractivity contribution >= 4 is 11.8 Å². The number of hydrogen-bond donors (Lipinski definition) is 1. The van der Waals surface area contributed by atoms with Crippen molar-refractivity contribution in [1.29, 1.82) is 0 Å². The lowest BCUT2D eigenvalue weighted by Gasteiger charge is -2.53. The van der Waals surface area contributed by atoms with E-state index in [0.29, 0.717) is 31.0 Å². The van der Waals surface area contributed by atoms with Crippen LogP contribution < -0.4 is 5.32 Å². The molecule has 1 unspecified atom stereocenters. The van der Waals surface area contributed by atoms with Crippen LogP contribution in [0.4, 0.5) is 0 Å². The van der Waals surface area contributed by atoms with Crippen LogP contribution in [-0.4, -0.2) is 54.8 Å². The number of rotatable bonds is 5. The number of nitrogens with zero attached hydrogens (tertiary/aromatic N) is 6. The molecule has 2 amide bonds. The Hall–Kier alpha value is -3.62. The molecule has 1 saturated heterocycles. The first kappa shape index (κ1) is 20.3. The third-order valence-corrected chi connectivity index (χ3v) is 6.83. The lowest BCUT2D eigenvalue weighted by molar-refractivity contribution is -0.0269. The van der Waals surface area contributed by atoms with E-state index in [4.69, 9.17) is 0 Å². The van der Waals surface area contributed by atoms with Gasteiger partial charge in [0.05, 0.1) is 12.2 Å². The fourth-order valence-electron chi connectivity index (χ4n) is 4.81. The Morgan fingerprint density at radius 3 is 2.56 bits per heavy atom. The summed E-state index contributed by atoms with van der Waals surface area (Å²) >= 11 is 0. The van der Waals surface area contributed by atoms with Crippen LogP contribution in [0.15, 0.2) is 55.1 Å². The van der Waals surface area contributed by atoms with E-state index in [1.54, 1.807) is 18.5 Å². The van der Waals surface area contributed by atoms with Gasteiger partial charge in [0, 0.05) is 25.8 Å². The number of aromatic nitrogens is 5. The molecule has 3 aromatic rings. The lowest BCUT2D eigenvalue weighted by Crippen LogP contribution is -2.51. The molecule has 1 aliphatic heterocycles. The van der Waals surface area contributed by atoms with Crippen LogP contribution in [0.3, 0.4) is 0 Å². The number of amides is 2. The molecule has 1 saturated carbocycles. The van der Waals surface area contributed by atoms with Crippen molar-refractivity contribution in [2.24, 2.45) is 5.41 Å². The molecule has 2 aliphatic rings. The van der Waals surface area contributed by atoms with Gasteiger partial charge < -0.3 is 10.2 Å². The molecule has 164 valence electrons. The monoisotopic (exact) mass is 431 g/mol. The second-order valence-corrected chi connectivity index (χ2v) is 8.56. The number of piperidine rings is 1. The Kier molecular flexibility index (Phi) is 5.38. The lowest BCUT2D eigenvalue weighted by atomic mass is 9.59. The van der Waals surface area contributed by atoms with E-state index >= 15 is 0 Å². The average Bonchev–Trinajstić information content (AvgIpc) is 3.32. The van der Waals surface area contributed by atoms with Gasteiger partial charge in [-0.15, -0.1) is 5.10 Å². The molecule has 0 bridgehead atoms. The number of carbonyl (C=O) groups is 2. The highest BCUT2D eigenvalue weighted by atomic mass is 16.2. The fraction of sp³-hybridized carbons (Fsp3) is 0.391. The average molecular weight is 432 g/mol. The predicted octanol–water partition coefficient (Wildman–Crippen LogP) is 2.26. The number of benzene rings is 1. The SMILES string of the molecule is O=C(NCc1ccccc1)c1cn(C2CCC23CCN(C(=O)c2ccncn2)CC3)nn1. The molecule has 9 nitrogen and oxygen atoms in total. The highest BCUT2D eigenvalue weighted by molar-refractivity contribution is 5.92. The van der Waals surface area contributed by atoms with Crippen LogP contribution in [0.2, 0.25) is 0 Å². The molecule has 1 N–H and O–H groups in total. The number of nitrogens with one attached hydrogen (secondary N) is 1. The predicted molar refractivity (Wildman–Crippen MR) is 116 cm³/mol. The summed E-state index contributed by atoms with van der Waals surface area (Å²) in [4.78, 5) is 35.0. The minimum absolute atomic E-state index is 0.0451. The van der Waals surface area contributed by atoms with Crippen LogP contribution in [0.25, 0.3) is 0 Å². The summed E-state index contributed by atoms with van der Waals surface area (Å²) in [6.07, 6.45) is 8.67. The van der Waals surface area contributed by atoms with Crippen LogP contribution in [0.1, 0.15) is 58.3 Å². The summed E-state index contributed by atoms with van der Waals surface area (Å²) in [5, 5.41) is 11.3. The molecule has 1 aliphatic carbocycles. The summed E-state index contributed by atoms with van der Waals surface area (Å²) in [5.74, 6) is -0.269. The maximum atomic E-state index is 12.7. The maximum absolute atomic E-state index is 12.7. The van der Waals surface area contributed by atoms with E-state index in [2.05, 4.69) is 25.6 Å². The van der Waals surface area contributed by atoms with Crippen molar-refractivity contribution in [3.8, 4) is 0 Å². The Balaban J connectivity index is 1.19. The third kappa shape index (κ3) is 3.86. The van der Waals surface area contributed by atoms with Crippen LogP contribution in [0, 0.1) is 5.41 Å². The highest BCUT2D eigenvalue weighted by Crippen LogP contribution is 2.56. The van der Waals surface area contributed by atoms with E-state index in [1.807, 2.05) is 39.9 Å². The fourth-order valence-corrected chi connectivity index (χ4v) is 4.81. The molecule has 3 heterocycles. The smallest absolute Gasteiger partial charge is 0.273 e. The van der Waals surface area contributed by atoms with E-state index < -0.39 is 0 Å². The molecule has 0 radical (unpaired) electrons. The van der Waals surface area contributed by atoms with Gasteiger partial charge in [0.25, 0.3) is 11.8 Å². The van der Waals surface area contributed by atoms with E-state index in [-0.39, 0.29) is 23.3 Å². The Morgan fingerprint density at radius 2 is 1.88 bits per heavy atom. The van der Waals surface area contributed by atoms with Gasteiger partial charge in [0.15, 0.2) is 5.69 Å². The standard InChI is InChI=1S/C23H25N7O2/c31-21(25-14-17-4-2-1-3-5-17)19-15-30(28-27-19)20-6-8-23(20)9-12-29(13-10-23)22(32)18-7-11-24-16-26-18/h1-5,7,11,15-16,20H,6,8-10,12-14H2,(H,25,31). The minimum Gasteiger partial charge on any atom is -0.347 e. The van der Waals surface area contributed by atoms with Gasteiger partial charge in [-0.3, -0.25) is 9.59 Å². The molecular formula is C23H25N7O2. The topological polar surface area (TPSA) is 106 Å². The summed E-state index contributed by atoms with van der Waals surface area (Å²) < 4.78 is 1.85. The van der Waals surface area contributed by atoms with Gasteiger partial charge in [-0.05, 0) is 42.7 Å². The molecule has 2 fully saturated rings. The van der Waals surface area contributed by atoms with Gasteiger partial charge in [0.2, 0.25) is 0 Å². The normalized spacial score (nSPS) is 19.4. The van der Waals surface area contributed by atoms with Gasteiger partial charge in [-0.1, -0.05) is 35.5 Å².